The Kier molecular flexibility index (Phi) is 2.04. The highest BCUT2D eigenvalue weighted by molar-refractivity contribution is 5.04. The van der Waals surface area contributed by atoms with E-state index in [9.17, 15) is 4.79 Å². The maximum atomic E-state index is 10.5. The second-order valence-electron chi connectivity index (χ2n) is 1.69. The number of H-pyrrole nitrogens is 1. The number of ether oxygens (including phenoxy) is 1. The topological polar surface area (TPSA) is 55.0 Å². The molecule has 0 aliphatic rings. The minimum absolute atomic E-state index is 0.219. The minimum Gasteiger partial charge on any atom is -0.477 e. The van der Waals surface area contributed by atoms with Gasteiger partial charge in [-0.15, -0.1) is 5.10 Å². The van der Waals surface area contributed by atoms with E-state index in [2.05, 4.69) is 10.2 Å². The van der Waals surface area contributed by atoms with E-state index in [0.29, 0.717) is 12.5 Å². The molecule has 1 aromatic heterocycles. The molecule has 0 unspecified atom stereocenters. The van der Waals surface area contributed by atoms with Crippen molar-refractivity contribution in [2.75, 3.05) is 6.61 Å². The summed E-state index contributed by atoms with van der Waals surface area (Å²) in [6, 6.07) is 2.90. The van der Waals surface area contributed by atoms with E-state index in [0.717, 1.165) is 0 Å². The fourth-order valence-corrected chi connectivity index (χ4v) is 0.560. The molecule has 54 valence electrons. The summed E-state index contributed by atoms with van der Waals surface area (Å²) >= 11 is 0. The molecular formula is C6H8N2O2. The predicted molar refractivity (Wildman–Crippen MR) is 36.0 cm³/mol. The zero-order valence-corrected chi connectivity index (χ0v) is 5.63. The van der Waals surface area contributed by atoms with Gasteiger partial charge in [-0.2, -0.15) is 0 Å². The minimum atomic E-state index is -0.219. The van der Waals surface area contributed by atoms with Crippen molar-refractivity contribution < 1.29 is 4.74 Å². The first-order valence-electron chi connectivity index (χ1n) is 3.01. The SMILES string of the molecule is CCOc1ccc(=O)[nH]n1. The lowest BCUT2D eigenvalue weighted by Crippen LogP contribution is -2.06. The summed E-state index contributed by atoms with van der Waals surface area (Å²) in [5.41, 5.74) is -0.219. The molecule has 10 heavy (non-hydrogen) atoms. The van der Waals surface area contributed by atoms with Crippen molar-refractivity contribution in [3.05, 3.63) is 22.5 Å². The van der Waals surface area contributed by atoms with E-state index in [1.165, 1.54) is 12.1 Å². The second-order valence-corrected chi connectivity index (χ2v) is 1.69. The number of hydrogen-bond donors (Lipinski definition) is 1. The van der Waals surface area contributed by atoms with Crippen molar-refractivity contribution in [2.24, 2.45) is 0 Å². The number of nitrogens with one attached hydrogen (secondary N) is 1. The highest BCUT2D eigenvalue weighted by Crippen LogP contribution is 1.97. The van der Waals surface area contributed by atoms with Crippen LogP contribution in [0.4, 0.5) is 0 Å². The lowest BCUT2D eigenvalue weighted by atomic mass is 10.6. The molecule has 0 aliphatic carbocycles. The van der Waals surface area contributed by atoms with Gasteiger partial charge in [-0.25, -0.2) is 5.10 Å². The van der Waals surface area contributed by atoms with Crippen LogP contribution in [-0.2, 0) is 0 Å². The molecule has 0 aromatic carbocycles. The maximum Gasteiger partial charge on any atom is 0.264 e. The molecule has 0 spiro atoms. The number of hydrogen-bond acceptors (Lipinski definition) is 3. The standard InChI is InChI=1S/C6H8N2O2/c1-2-10-6-4-3-5(9)7-8-6/h3-4H,2H2,1H3,(H,7,9). The van der Waals surface area contributed by atoms with Crippen LogP contribution in [0.25, 0.3) is 0 Å². The fraction of sp³-hybridized carbons (Fsp3) is 0.333. The molecule has 0 fully saturated rings. The molecule has 1 aromatic rings. The van der Waals surface area contributed by atoms with Crippen LogP contribution in [0.5, 0.6) is 5.88 Å². The third kappa shape index (κ3) is 1.58. The van der Waals surface area contributed by atoms with Gasteiger partial charge in [0.1, 0.15) is 0 Å². The maximum absolute atomic E-state index is 10.5. The molecule has 4 heteroatoms. The predicted octanol–water partition coefficient (Wildman–Crippen LogP) is 0.169. The average molecular weight is 140 g/mol. The molecule has 0 radical (unpaired) electrons. The second kappa shape index (κ2) is 3.00. The molecular weight excluding hydrogens is 132 g/mol. The normalized spacial score (nSPS) is 9.30. The zero-order valence-electron chi connectivity index (χ0n) is 5.63. The summed E-state index contributed by atoms with van der Waals surface area (Å²) < 4.78 is 4.98. The molecule has 0 saturated heterocycles. The summed E-state index contributed by atoms with van der Waals surface area (Å²) in [5, 5.41) is 5.86. The monoisotopic (exact) mass is 140 g/mol. The Labute approximate surface area is 57.8 Å². The quantitative estimate of drug-likeness (QED) is 0.637. The summed E-state index contributed by atoms with van der Waals surface area (Å²) in [5.74, 6) is 0.446. The molecule has 0 aliphatic heterocycles. The van der Waals surface area contributed by atoms with Crippen molar-refractivity contribution in [3.63, 3.8) is 0 Å². The zero-order chi connectivity index (χ0) is 7.40. The molecule has 4 nitrogen and oxygen atoms in total. The van der Waals surface area contributed by atoms with Gasteiger partial charge in [0.15, 0.2) is 0 Å². The summed E-state index contributed by atoms with van der Waals surface area (Å²) in [7, 11) is 0. The molecule has 1 N–H and O–H groups in total. The molecule has 0 amide bonds. The lowest BCUT2D eigenvalue weighted by molar-refractivity contribution is 0.322. The molecule has 0 bridgehead atoms. The first-order valence-corrected chi connectivity index (χ1v) is 3.01. The number of aromatic nitrogens is 2. The van der Waals surface area contributed by atoms with E-state index in [4.69, 9.17) is 4.74 Å². The van der Waals surface area contributed by atoms with Crippen LogP contribution in [0.3, 0.4) is 0 Å². The lowest BCUT2D eigenvalue weighted by Gasteiger charge is -1.97. The van der Waals surface area contributed by atoms with Gasteiger partial charge in [-0.3, -0.25) is 4.79 Å². The average Bonchev–Trinajstić information content (AvgIpc) is 1.95. The number of aromatic amines is 1. The Hall–Kier alpha value is -1.32. The number of rotatable bonds is 2. The van der Waals surface area contributed by atoms with Gasteiger partial charge in [0.25, 0.3) is 5.56 Å². The van der Waals surface area contributed by atoms with Crippen molar-refractivity contribution in [3.8, 4) is 5.88 Å². The van der Waals surface area contributed by atoms with Crippen LogP contribution in [0.2, 0.25) is 0 Å². The fourth-order valence-electron chi connectivity index (χ4n) is 0.560. The Bertz CT molecular complexity index is 236. The van der Waals surface area contributed by atoms with Crippen LogP contribution in [-0.4, -0.2) is 16.8 Å². The van der Waals surface area contributed by atoms with Gasteiger partial charge >= 0.3 is 0 Å². The highest BCUT2D eigenvalue weighted by Gasteiger charge is 1.89. The Morgan fingerprint density at radius 3 is 3.00 bits per heavy atom. The van der Waals surface area contributed by atoms with Crippen molar-refractivity contribution >= 4 is 0 Å². The van der Waals surface area contributed by atoms with Crippen molar-refractivity contribution in [1.29, 1.82) is 0 Å². The van der Waals surface area contributed by atoms with E-state index < -0.39 is 0 Å². The molecule has 1 rings (SSSR count). The van der Waals surface area contributed by atoms with Crippen LogP contribution >= 0.6 is 0 Å². The molecule has 1 heterocycles. The largest absolute Gasteiger partial charge is 0.477 e. The van der Waals surface area contributed by atoms with Gasteiger partial charge < -0.3 is 4.74 Å². The Balaban J connectivity index is 2.79. The Morgan fingerprint density at radius 1 is 1.70 bits per heavy atom. The van der Waals surface area contributed by atoms with Crippen LogP contribution in [0.1, 0.15) is 6.92 Å². The van der Waals surface area contributed by atoms with Crippen molar-refractivity contribution in [2.45, 2.75) is 6.92 Å². The third-order valence-corrected chi connectivity index (χ3v) is 0.946. The summed E-state index contributed by atoms with van der Waals surface area (Å²) in [6.07, 6.45) is 0. The van der Waals surface area contributed by atoms with Crippen LogP contribution in [0, 0.1) is 0 Å². The van der Waals surface area contributed by atoms with Crippen molar-refractivity contribution in [1.82, 2.24) is 10.2 Å². The van der Waals surface area contributed by atoms with Gasteiger partial charge in [0, 0.05) is 12.1 Å². The van der Waals surface area contributed by atoms with Crippen LogP contribution in [0.15, 0.2) is 16.9 Å². The summed E-state index contributed by atoms with van der Waals surface area (Å²) in [6.45, 7) is 2.41. The van der Waals surface area contributed by atoms with E-state index in [-0.39, 0.29) is 5.56 Å². The Morgan fingerprint density at radius 2 is 2.50 bits per heavy atom. The molecule has 0 atom stereocenters. The van der Waals surface area contributed by atoms with Gasteiger partial charge in [-0.05, 0) is 6.92 Å². The number of nitrogens with zero attached hydrogens (tertiary/aromatic N) is 1. The van der Waals surface area contributed by atoms with E-state index in [1.54, 1.807) is 0 Å². The van der Waals surface area contributed by atoms with Crippen LogP contribution < -0.4 is 10.3 Å². The third-order valence-electron chi connectivity index (χ3n) is 0.946. The highest BCUT2D eigenvalue weighted by atomic mass is 16.5. The van der Waals surface area contributed by atoms with E-state index >= 15 is 0 Å². The van der Waals surface area contributed by atoms with Gasteiger partial charge in [-0.1, -0.05) is 0 Å². The smallest absolute Gasteiger partial charge is 0.264 e. The van der Waals surface area contributed by atoms with Gasteiger partial charge in [0.05, 0.1) is 6.61 Å². The molecule has 0 saturated carbocycles. The van der Waals surface area contributed by atoms with Gasteiger partial charge in [0.2, 0.25) is 5.88 Å². The summed E-state index contributed by atoms with van der Waals surface area (Å²) in [4.78, 5) is 10.5. The first kappa shape index (κ1) is 6.80. The first-order chi connectivity index (χ1) is 4.83. The van der Waals surface area contributed by atoms with E-state index in [1.807, 2.05) is 6.92 Å².